The first-order valence-electron chi connectivity index (χ1n) is 9.47. The molecule has 30 heavy (non-hydrogen) atoms. The van der Waals surface area contributed by atoms with Gasteiger partial charge in [0.15, 0.2) is 11.5 Å². The van der Waals surface area contributed by atoms with E-state index in [0.717, 1.165) is 6.42 Å². The minimum absolute atomic E-state index is 0.0998. The molecule has 1 aliphatic heterocycles. The topological polar surface area (TPSA) is 111 Å². The molecule has 2 aromatic rings. The van der Waals surface area contributed by atoms with Crippen LogP contribution in [0, 0.1) is 10.1 Å². The molecule has 0 spiro atoms. The summed E-state index contributed by atoms with van der Waals surface area (Å²) in [4.78, 5) is 38.4. The Bertz CT molecular complexity index is 931. The molecule has 10 heteroatoms. The molecule has 0 aliphatic carbocycles. The number of rotatable bonds is 8. The van der Waals surface area contributed by atoms with Crippen LogP contribution in [0.3, 0.4) is 0 Å². The fourth-order valence-electron chi connectivity index (χ4n) is 3.54. The summed E-state index contributed by atoms with van der Waals surface area (Å²) in [6.45, 7) is 0.739. The minimum atomic E-state index is -0.528. The van der Waals surface area contributed by atoms with Gasteiger partial charge in [0.25, 0.3) is 11.6 Å². The number of ether oxygens (including phenoxy) is 2. The van der Waals surface area contributed by atoms with Crippen molar-refractivity contribution in [2.24, 2.45) is 0 Å². The summed E-state index contributed by atoms with van der Waals surface area (Å²) in [5, 5.41) is 16.0. The molecule has 0 bridgehead atoms. The summed E-state index contributed by atoms with van der Waals surface area (Å²) in [5.41, 5.74) is 0.327. The van der Waals surface area contributed by atoms with Crippen molar-refractivity contribution in [3.63, 3.8) is 0 Å². The Morgan fingerprint density at radius 1 is 1.30 bits per heavy atom. The molecule has 1 atom stereocenters. The van der Waals surface area contributed by atoms with E-state index < -0.39 is 11.0 Å². The molecule has 2 amide bonds. The standard InChI is InChI=1S/C20H23N3O6S/c1-28-16-11-13(15(23(26)27)12-17(16)29-2)7-8-21-19(24)14-5-3-9-22(14)20(25)18-6-4-10-30-18/h4,6,10-12,14H,3,5,7-9H2,1-2H3,(H,21,24)/t14-/m0/s1. The van der Waals surface area contributed by atoms with E-state index in [1.54, 1.807) is 23.1 Å². The maximum Gasteiger partial charge on any atom is 0.276 e. The molecule has 9 nitrogen and oxygen atoms in total. The van der Waals surface area contributed by atoms with Gasteiger partial charge in [-0.15, -0.1) is 11.3 Å². The summed E-state index contributed by atoms with van der Waals surface area (Å²) in [6.07, 6.45) is 1.60. The molecule has 1 saturated heterocycles. The number of hydrogen-bond acceptors (Lipinski definition) is 7. The first kappa shape index (κ1) is 21.6. The van der Waals surface area contributed by atoms with Gasteiger partial charge in [0.1, 0.15) is 6.04 Å². The number of nitrogens with one attached hydrogen (secondary N) is 1. The third kappa shape index (κ3) is 4.54. The van der Waals surface area contributed by atoms with Gasteiger partial charge in [0, 0.05) is 18.7 Å². The second kappa shape index (κ2) is 9.57. The van der Waals surface area contributed by atoms with Crippen LogP contribution in [-0.2, 0) is 11.2 Å². The molecule has 0 saturated carbocycles. The van der Waals surface area contributed by atoms with E-state index in [1.807, 2.05) is 5.38 Å². The lowest BCUT2D eigenvalue weighted by Gasteiger charge is -2.23. The van der Waals surface area contributed by atoms with Gasteiger partial charge in [0.2, 0.25) is 5.91 Å². The smallest absolute Gasteiger partial charge is 0.276 e. The Morgan fingerprint density at radius 3 is 2.67 bits per heavy atom. The number of thiophene rings is 1. The molecular formula is C20H23N3O6S. The van der Waals surface area contributed by atoms with Crippen molar-refractivity contribution in [2.75, 3.05) is 27.3 Å². The summed E-state index contributed by atoms with van der Waals surface area (Å²) in [5.74, 6) is 0.261. The van der Waals surface area contributed by atoms with Gasteiger partial charge in [-0.1, -0.05) is 6.07 Å². The number of benzene rings is 1. The summed E-state index contributed by atoms with van der Waals surface area (Å²) in [6, 6.07) is 5.88. The number of nitro groups is 1. The first-order valence-corrected chi connectivity index (χ1v) is 10.4. The lowest BCUT2D eigenvalue weighted by atomic mass is 10.1. The van der Waals surface area contributed by atoms with Crippen molar-refractivity contribution in [2.45, 2.75) is 25.3 Å². The predicted octanol–water partition coefficient (Wildman–Crippen LogP) is 2.64. The molecule has 1 aliphatic rings. The van der Waals surface area contributed by atoms with E-state index in [4.69, 9.17) is 9.47 Å². The van der Waals surface area contributed by atoms with Crippen molar-refractivity contribution in [1.82, 2.24) is 10.2 Å². The van der Waals surface area contributed by atoms with Gasteiger partial charge >= 0.3 is 0 Å². The van der Waals surface area contributed by atoms with Crippen LogP contribution < -0.4 is 14.8 Å². The molecular weight excluding hydrogens is 410 g/mol. The molecule has 0 unspecified atom stereocenters. The van der Waals surface area contributed by atoms with Crippen LogP contribution in [0.1, 0.15) is 28.1 Å². The van der Waals surface area contributed by atoms with Gasteiger partial charge in [0.05, 0.1) is 30.1 Å². The van der Waals surface area contributed by atoms with Crippen molar-refractivity contribution >= 4 is 28.8 Å². The van der Waals surface area contributed by atoms with Crippen molar-refractivity contribution in [1.29, 1.82) is 0 Å². The zero-order valence-electron chi connectivity index (χ0n) is 16.8. The van der Waals surface area contributed by atoms with Crippen molar-refractivity contribution < 1.29 is 24.0 Å². The SMILES string of the molecule is COc1cc(CCNC(=O)[C@@H]2CCCN2C(=O)c2cccs2)c([N+](=O)[O-])cc1OC. The molecule has 2 heterocycles. The van der Waals surface area contributed by atoms with Crippen LogP contribution in [0.15, 0.2) is 29.6 Å². The molecule has 160 valence electrons. The number of nitro benzene ring substituents is 1. The highest BCUT2D eigenvalue weighted by molar-refractivity contribution is 7.12. The van der Waals surface area contributed by atoms with E-state index in [1.165, 1.54) is 31.6 Å². The summed E-state index contributed by atoms with van der Waals surface area (Å²) >= 11 is 1.35. The average Bonchev–Trinajstić information content (AvgIpc) is 3.44. The Morgan fingerprint density at radius 2 is 2.03 bits per heavy atom. The minimum Gasteiger partial charge on any atom is -0.493 e. The van der Waals surface area contributed by atoms with E-state index in [9.17, 15) is 19.7 Å². The van der Waals surface area contributed by atoms with E-state index in [0.29, 0.717) is 29.2 Å². The normalized spacial score (nSPS) is 15.7. The molecule has 1 aromatic carbocycles. The Kier molecular flexibility index (Phi) is 6.88. The maximum absolute atomic E-state index is 12.7. The van der Waals surface area contributed by atoms with Crippen LogP contribution in [0.25, 0.3) is 0 Å². The second-order valence-electron chi connectivity index (χ2n) is 6.77. The quantitative estimate of drug-likeness (QED) is 0.506. The van der Waals surface area contributed by atoms with Gasteiger partial charge in [-0.05, 0) is 36.8 Å². The zero-order valence-corrected chi connectivity index (χ0v) is 17.6. The van der Waals surface area contributed by atoms with Crippen LogP contribution in [-0.4, -0.2) is 55.0 Å². The van der Waals surface area contributed by atoms with E-state index in [2.05, 4.69) is 5.32 Å². The number of amides is 2. The number of methoxy groups -OCH3 is 2. The third-order valence-corrected chi connectivity index (χ3v) is 5.88. The lowest BCUT2D eigenvalue weighted by molar-refractivity contribution is -0.385. The predicted molar refractivity (Wildman–Crippen MR) is 111 cm³/mol. The highest BCUT2D eigenvalue weighted by Crippen LogP contribution is 2.34. The van der Waals surface area contributed by atoms with Crippen LogP contribution in [0.5, 0.6) is 11.5 Å². The highest BCUT2D eigenvalue weighted by atomic mass is 32.1. The monoisotopic (exact) mass is 433 g/mol. The van der Waals surface area contributed by atoms with Gasteiger partial charge in [-0.25, -0.2) is 0 Å². The second-order valence-corrected chi connectivity index (χ2v) is 7.72. The van der Waals surface area contributed by atoms with Crippen LogP contribution in [0.4, 0.5) is 5.69 Å². The number of nitrogens with zero attached hydrogens (tertiary/aromatic N) is 2. The fourth-order valence-corrected chi connectivity index (χ4v) is 4.22. The largest absolute Gasteiger partial charge is 0.493 e. The Labute approximate surface area is 177 Å². The van der Waals surface area contributed by atoms with E-state index >= 15 is 0 Å². The maximum atomic E-state index is 12.7. The third-order valence-electron chi connectivity index (χ3n) is 5.02. The number of likely N-dealkylation sites (tertiary alicyclic amines) is 1. The lowest BCUT2D eigenvalue weighted by Crippen LogP contribution is -2.46. The van der Waals surface area contributed by atoms with E-state index in [-0.39, 0.29) is 36.2 Å². The number of hydrogen-bond donors (Lipinski definition) is 1. The van der Waals surface area contributed by atoms with Crippen LogP contribution in [0.2, 0.25) is 0 Å². The van der Waals surface area contributed by atoms with Gasteiger partial charge in [-0.2, -0.15) is 0 Å². The first-order chi connectivity index (χ1) is 14.5. The molecule has 1 N–H and O–H groups in total. The fraction of sp³-hybridized carbons (Fsp3) is 0.400. The van der Waals surface area contributed by atoms with Crippen LogP contribution >= 0.6 is 11.3 Å². The molecule has 0 radical (unpaired) electrons. The van der Waals surface area contributed by atoms with Gasteiger partial charge in [-0.3, -0.25) is 19.7 Å². The van der Waals surface area contributed by atoms with Gasteiger partial charge < -0.3 is 19.7 Å². The summed E-state index contributed by atoms with van der Waals surface area (Å²) < 4.78 is 10.3. The number of carbonyl (C=O) groups excluding carboxylic acids is 2. The molecule has 1 fully saturated rings. The van der Waals surface area contributed by atoms with Crippen molar-refractivity contribution in [3.05, 3.63) is 50.2 Å². The average molecular weight is 433 g/mol. The van der Waals surface area contributed by atoms with Crippen molar-refractivity contribution in [3.8, 4) is 11.5 Å². The Balaban J connectivity index is 1.65. The zero-order chi connectivity index (χ0) is 21.7. The molecule has 1 aromatic heterocycles. The number of carbonyl (C=O) groups is 2. The summed E-state index contributed by atoms with van der Waals surface area (Å²) in [7, 11) is 2.86. The Hall–Kier alpha value is -3.14. The molecule has 3 rings (SSSR count). The highest BCUT2D eigenvalue weighted by Gasteiger charge is 2.34.